The van der Waals surface area contributed by atoms with Gasteiger partial charge in [0.15, 0.2) is 5.78 Å². The fourth-order valence-electron chi connectivity index (χ4n) is 14.7. The summed E-state index contributed by atoms with van der Waals surface area (Å²) in [6.45, 7) is 25.2. The highest BCUT2D eigenvalue weighted by atomic mass is 16.5. The molecule has 7 rings (SSSR count). The highest BCUT2D eigenvalue weighted by Crippen LogP contribution is 2.77. The van der Waals surface area contributed by atoms with Crippen LogP contribution in [0.2, 0.25) is 0 Å². The summed E-state index contributed by atoms with van der Waals surface area (Å²) in [4.78, 5) is 39.6. The average molecular weight is 758 g/mol. The predicted octanol–water partition coefficient (Wildman–Crippen LogP) is 9.51. The number of benzene rings is 1. The van der Waals surface area contributed by atoms with Crippen LogP contribution in [0.4, 0.5) is 0 Å². The molecule has 5 fully saturated rings. The first-order valence-electron chi connectivity index (χ1n) is 21.7. The Morgan fingerprint density at radius 1 is 0.855 bits per heavy atom. The second-order valence-electron chi connectivity index (χ2n) is 22.0. The number of esters is 1. The van der Waals surface area contributed by atoms with Gasteiger partial charge in [-0.15, -0.1) is 0 Å². The van der Waals surface area contributed by atoms with Crippen LogP contribution in [-0.4, -0.2) is 46.7 Å². The molecule has 1 aromatic rings. The minimum Gasteiger partial charge on any atom is -0.481 e. The average Bonchev–Trinajstić information content (AvgIpc) is 3.41. The van der Waals surface area contributed by atoms with E-state index in [1.165, 1.54) is 11.1 Å². The minimum absolute atomic E-state index is 0.00606. The van der Waals surface area contributed by atoms with Gasteiger partial charge in [0.05, 0.1) is 17.9 Å². The van der Waals surface area contributed by atoms with Crippen molar-refractivity contribution in [3.63, 3.8) is 0 Å². The number of allylic oxidation sites excluding steroid dienone is 1. The summed E-state index contributed by atoms with van der Waals surface area (Å²) in [5.74, 6) is -0.407. The predicted molar refractivity (Wildman–Crippen MR) is 216 cm³/mol. The van der Waals surface area contributed by atoms with E-state index in [0.717, 1.165) is 56.9 Å². The monoisotopic (exact) mass is 758 g/mol. The summed E-state index contributed by atoms with van der Waals surface area (Å²) in [5, 5.41) is 25.8. The smallest absolute Gasteiger partial charge is 0.309 e. The third kappa shape index (κ3) is 5.80. The Balaban J connectivity index is 1.14. The van der Waals surface area contributed by atoms with Crippen molar-refractivity contribution in [1.82, 2.24) is 5.32 Å². The maximum atomic E-state index is 14.2. The van der Waals surface area contributed by atoms with Crippen molar-refractivity contribution in [3.8, 4) is 0 Å². The molecule has 0 saturated heterocycles. The molecule has 11 atom stereocenters. The molecule has 7 nitrogen and oxygen atoms in total. The van der Waals surface area contributed by atoms with E-state index in [1.54, 1.807) is 0 Å². The summed E-state index contributed by atoms with van der Waals surface area (Å²) in [7, 11) is 0. The zero-order valence-corrected chi connectivity index (χ0v) is 35.8. The second kappa shape index (κ2) is 13.3. The maximum Gasteiger partial charge on any atom is 0.309 e. The number of carboxylic acids is 1. The molecule has 3 N–H and O–H groups in total. The van der Waals surface area contributed by atoms with Crippen LogP contribution in [0.3, 0.4) is 0 Å². The van der Waals surface area contributed by atoms with Crippen LogP contribution >= 0.6 is 0 Å². The topological polar surface area (TPSA) is 113 Å². The van der Waals surface area contributed by atoms with Crippen molar-refractivity contribution >= 4 is 17.7 Å². The Kier molecular flexibility index (Phi) is 9.81. The fourth-order valence-corrected chi connectivity index (χ4v) is 14.7. The molecule has 6 aliphatic carbocycles. The molecule has 5 saturated carbocycles. The van der Waals surface area contributed by atoms with Gasteiger partial charge in [-0.1, -0.05) is 98.2 Å². The van der Waals surface area contributed by atoms with Gasteiger partial charge in [0, 0.05) is 29.3 Å². The second-order valence-corrected chi connectivity index (χ2v) is 22.0. The van der Waals surface area contributed by atoms with Gasteiger partial charge in [-0.2, -0.15) is 0 Å². The molecule has 0 aliphatic heterocycles. The number of Topliss-reactive ketones (excluding diaryl/α,β-unsaturated/α-hetero) is 1. The van der Waals surface area contributed by atoms with E-state index in [2.05, 4.69) is 91.9 Å². The van der Waals surface area contributed by atoms with E-state index in [9.17, 15) is 24.6 Å². The molecule has 304 valence electrons. The third-order valence-corrected chi connectivity index (χ3v) is 18.4. The first-order chi connectivity index (χ1) is 25.5. The molecule has 6 aliphatic rings. The lowest BCUT2D eigenvalue weighted by molar-refractivity contribution is -0.238. The van der Waals surface area contributed by atoms with E-state index in [0.29, 0.717) is 31.2 Å². The molecule has 0 radical (unpaired) electrons. The zero-order chi connectivity index (χ0) is 40.3. The lowest BCUT2D eigenvalue weighted by Crippen LogP contribution is -2.66. The highest BCUT2D eigenvalue weighted by molar-refractivity contribution is 6.00. The zero-order valence-electron chi connectivity index (χ0n) is 35.8. The Hall–Kier alpha value is -2.51. The number of ketones is 1. The summed E-state index contributed by atoms with van der Waals surface area (Å²) < 4.78 is 6.43. The number of hydrogen-bond donors (Lipinski definition) is 3. The van der Waals surface area contributed by atoms with Crippen molar-refractivity contribution in [2.45, 2.75) is 158 Å². The summed E-state index contributed by atoms with van der Waals surface area (Å²) in [6.07, 6.45) is 7.92. The van der Waals surface area contributed by atoms with Gasteiger partial charge < -0.3 is 20.3 Å². The number of carboxylic acid groups (broad SMARTS) is 1. The van der Waals surface area contributed by atoms with Gasteiger partial charge in [0.1, 0.15) is 6.10 Å². The van der Waals surface area contributed by atoms with Crippen molar-refractivity contribution in [3.05, 3.63) is 47.0 Å². The summed E-state index contributed by atoms with van der Waals surface area (Å²) in [6, 6.07) is 10.4. The number of fused-ring (bicyclic) bond motifs is 7. The van der Waals surface area contributed by atoms with Gasteiger partial charge in [-0.05, 0) is 128 Å². The first kappa shape index (κ1) is 40.7. The SMILES string of the molecule is CC(C)C1=C2[C@H]3CC[C@@H]4[C@@]5(C)CC[C@H](OC(=O)[C@H]6C[C@@H](C(=O)O)C6(C)C)C(C)(C)[C@@H]5CC[C@@]4(C)[C@]3(C)CC[C@@]2([C@@H](O)CNC(C)(C)c2ccccc2)CC1=O. The van der Waals surface area contributed by atoms with E-state index < -0.39 is 28.8 Å². The molecule has 0 amide bonds. The Labute approximate surface area is 331 Å². The van der Waals surface area contributed by atoms with Gasteiger partial charge in [0.2, 0.25) is 0 Å². The van der Waals surface area contributed by atoms with E-state index in [1.807, 2.05) is 19.9 Å². The number of aliphatic hydroxyl groups is 1. The molecule has 7 heteroatoms. The van der Waals surface area contributed by atoms with E-state index >= 15 is 0 Å². The largest absolute Gasteiger partial charge is 0.481 e. The number of aliphatic hydroxyl groups excluding tert-OH is 1. The lowest BCUT2D eigenvalue weighted by atomic mass is 9.33. The number of rotatable bonds is 9. The number of carbonyl (C=O) groups excluding carboxylic acids is 2. The van der Waals surface area contributed by atoms with Crippen LogP contribution in [0.5, 0.6) is 0 Å². The molecular formula is C48H71NO6. The van der Waals surface area contributed by atoms with Gasteiger partial charge >= 0.3 is 11.9 Å². The van der Waals surface area contributed by atoms with Gasteiger partial charge in [0.25, 0.3) is 0 Å². The van der Waals surface area contributed by atoms with E-state index in [-0.39, 0.29) is 62.8 Å². The van der Waals surface area contributed by atoms with Crippen LogP contribution in [-0.2, 0) is 24.7 Å². The maximum absolute atomic E-state index is 14.2. The van der Waals surface area contributed by atoms with Gasteiger partial charge in [-0.3, -0.25) is 14.4 Å². The lowest BCUT2D eigenvalue weighted by Gasteiger charge is -2.72. The number of nitrogens with one attached hydrogen (secondary N) is 1. The van der Waals surface area contributed by atoms with Crippen molar-refractivity contribution < 1.29 is 29.3 Å². The number of aliphatic carboxylic acids is 1. The molecule has 0 aromatic heterocycles. The van der Waals surface area contributed by atoms with Gasteiger partial charge in [-0.25, -0.2) is 0 Å². The van der Waals surface area contributed by atoms with Crippen LogP contribution in [0.15, 0.2) is 41.5 Å². The number of ether oxygens (including phenoxy) is 1. The Bertz CT molecular complexity index is 1740. The Morgan fingerprint density at radius 3 is 2.15 bits per heavy atom. The quantitative estimate of drug-likeness (QED) is 0.215. The molecule has 1 aromatic carbocycles. The van der Waals surface area contributed by atoms with Crippen molar-refractivity contribution in [2.24, 2.45) is 68.0 Å². The number of carbonyl (C=O) groups is 3. The van der Waals surface area contributed by atoms with E-state index in [4.69, 9.17) is 4.74 Å². The standard InChI is InChI=1S/C48H71NO6/c1-28(2)38-33(50)26-48(36(51)27-49-44(7,8)29-15-13-12-14-16-29)24-23-46(10)30(39(38)48)17-18-35-45(9)21-20-37(43(5,6)34(45)19-22-47(35,46)11)55-41(54)32-25-31(40(52)53)42(32,3)4/h12-16,28,30-32,34-37,49,51H,17-27H2,1-11H3,(H,52,53)/t30-,31+,32-,34+,35-,36+,37+,45+,46-,47-,48+/m1/s1. The fraction of sp³-hybridized carbons (Fsp3) is 0.771. The summed E-state index contributed by atoms with van der Waals surface area (Å²) in [5.41, 5.74) is 1.96. The molecule has 55 heavy (non-hydrogen) atoms. The molecular weight excluding hydrogens is 687 g/mol. The Morgan fingerprint density at radius 2 is 1.53 bits per heavy atom. The normalized spacial score (nSPS) is 41.0. The molecule has 0 unspecified atom stereocenters. The molecule has 0 spiro atoms. The molecule has 0 heterocycles. The third-order valence-electron chi connectivity index (χ3n) is 18.4. The first-order valence-corrected chi connectivity index (χ1v) is 21.7. The molecule has 0 bridgehead atoms. The van der Waals surface area contributed by atoms with Crippen LogP contribution < -0.4 is 5.32 Å². The number of hydrogen-bond acceptors (Lipinski definition) is 6. The van der Waals surface area contributed by atoms with Crippen LogP contribution in [0, 0.1) is 68.0 Å². The minimum atomic E-state index is -0.826. The van der Waals surface area contributed by atoms with Crippen molar-refractivity contribution in [2.75, 3.05) is 6.54 Å². The van der Waals surface area contributed by atoms with Crippen molar-refractivity contribution in [1.29, 1.82) is 0 Å². The van der Waals surface area contributed by atoms with Crippen LogP contribution in [0.25, 0.3) is 0 Å². The summed E-state index contributed by atoms with van der Waals surface area (Å²) >= 11 is 0. The highest BCUT2D eigenvalue weighted by Gasteiger charge is 2.71. The van der Waals surface area contributed by atoms with Crippen LogP contribution in [0.1, 0.15) is 146 Å².